The fourth-order valence-electron chi connectivity index (χ4n) is 4.22. The summed E-state index contributed by atoms with van der Waals surface area (Å²) in [4.78, 5) is 17.4. The molecule has 0 radical (unpaired) electrons. The van der Waals surface area contributed by atoms with Gasteiger partial charge in [0.2, 0.25) is 0 Å². The Hall–Kier alpha value is -4.82. The lowest BCUT2D eigenvalue weighted by atomic mass is 10.1. The summed E-state index contributed by atoms with van der Waals surface area (Å²) in [6.07, 6.45) is 3.48. The second kappa shape index (κ2) is 10.0. The smallest absolute Gasteiger partial charge is 0.155 e. The van der Waals surface area contributed by atoms with Gasteiger partial charge >= 0.3 is 0 Å². The Bertz CT molecular complexity index is 1660. The molecule has 0 spiro atoms. The highest BCUT2D eigenvalue weighted by Crippen LogP contribution is 2.30. The van der Waals surface area contributed by atoms with Crippen LogP contribution in [0.2, 0.25) is 0 Å². The van der Waals surface area contributed by atoms with Crippen molar-refractivity contribution in [1.82, 2.24) is 34.9 Å². The van der Waals surface area contributed by atoms with Crippen LogP contribution < -0.4 is 10.1 Å². The number of H-pyrrole nitrogens is 1. The third-order valence-corrected chi connectivity index (χ3v) is 6.00. The third kappa shape index (κ3) is 4.96. The molecule has 6 rings (SSSR count). The number of imidazole rings is 1. The number of nitrogens with zero attached hydrogens (tertiary/aromatic N) is 5. The lowest BCUT2D eigenvalue weighted by Gasteiger charge is -2.11. The van der Waals surface area contributed by atoms with Crippen molar-refractivity contribution < 1.29 is 6.16 Å². The fraction of sp³-hybridized carbons (Fsp3) is 0.103. The molecule has 2 aromatic carbocycles. The molecule has 0 saturated carbocycles. The second-order valence-electron chi connectivity index (χ2n) is 8.68. The van der Waals surface area contributed by atoms with Crippen molar-refractivity contribution >= 4 is 5.65 Å². The van der Waals surface area contributed by atoms with Crippen molar-refractivity contribution in [3.05, 3.63) is 115 Å². The Morgan fingerprint density at radius 2 is 1.76 bits per heavy atom. The molecule has 0 saturated heterocycles. The van der Waals surface area contributed by atoms with Crippen molar-refractivity contribution in [3.63, 3.8) is 0 Å². The Labute approximate surface area is 215 Å². The molecule has 4 aromatic heterocycles. The molecule has 184 valence electrons. The number of hydrogen-bond acceptors (Lipinski definition) is 6. The highest BCUT2D eigenvalue weighted by atomic mass is 16.5. The number of fused-ring (bicyclic) bond motifs is 1. The van der Waals surface area contributed by atoms with Crippen LogP contribution in [0.25, 0.3) is 28.3 Å². The predicted octanol–water partition coefficient (Wildman–Crippen LogP) is 5.82. The summed E-state index contributed by atoms with van der Waals surface area (Å²) < 4.78 is 7.85. The van der Waals surface area contributed by atoms with E-state index < -0.39 is 0 Å². The van der Waals surface area contributed by atoms with E-state index in [0.717, 1.165) is 56.9 Å². The maximum atomic E-state index is 6.11. The van der Waals surface area contributed by atoms with Crippen LogP contribution in [0.5, 0.6) is 11.5 Å². The van der Waals surface area contributed by atoms with Gasteiger partial charge in [-0.25, -0.2) is 14.5 Å². The number of aromatic nitrogens is 6. The topological polar surface area (TPSA) is 93.0 Å². The summed E-state index contributed by atoms with van der Waals surface area (Å²) in [6, 6.07) is 27.8. The Balaban J connectivity index is 0.00000294. The van der Waals surface area contributed by atoms with Crippen LogP contribution in [-0.4, -0.2) is 29.5 Å². The van der Waals surface area contributed by atoms with E-state index in [1.165, 1.54) is 0 Å². The fourth-order valence-corrected chi connectivity index (χ4v) is 4.22. The Morgan fingerprint density at radius 1 is 0.892 bits per heavy atom. The molecule has 0 aliphatic rings. The predicted molar refractivity (Wildman–Crippen MR) is 144 cm³/mol. The number of para-hydroxylation sites is 2. The summed E-state index contributed by atoms with van der Waals surface area (Å²) in [6.45, 7) is 3.16. The van der Waals surface area contributed by atoms with Gasteiger partial charge in [0.25, 0.3) is 0 Å². The minimum absolute atomic E-state index is 0. The van der Waals surface area contributed by atoms with Gasteiger partial charge in [-0.05, 0) is 49.4 Å². The lowest BCUT2D eigenvalue weighted by molar-refractivity contribution is 0.472. The number of nitrogens with one attached hydrogen (secondary N) is 2. The summed E-state index contributed by atoms with van der Waals surface area (Å²) in [7, 11) is 0. The summed E-state index contributed by atoms with van der Waals surface area (Å²) >= 11 is 0. The number of rotatable bonds is 8. The molecule has 0 aliphatic carbocycles. The third-order valence-electron chi connectivity index (χ3n) is 6.00. The molecule has 37 heavy (non-hydrogen) atoms. The van der Waals surface area contributed by atoms with Crippen LogP contribution in [0.1, 0.15) is 18.5 Å². The number of aryl methyl sites for hydroxylation is 1. The largest absolute Gasteiger partial charge is 0.457 e. The molecule has 0 fully saturated rings. The standard InChI is InChI=1S/C29H25N7O.H2/c1-20-8-7-12-24(33-20)29-28(22-14-15-27-31-19-32-36(27)18-22)34-26(35-29)17-30-16-21-9-5-6-13-25(21)37-23-10-3-2-4-11-23;/h2-15,18-19,30H,16-17H2,1H3,(H,34,35);1H. The first-order valence-electron chi connectivity index (χ1n) is 12.1. The van der Waals surface area contributed by atoms with E-state index in [-0.39, 0.29) is 1.43 Å². The molecule has 8 nitrogen and oxygen atoms in total. The average molecular weight is 490 g/mol. The van der Waals surface area contributed by atoms with Crippen LogP contribution in [0.15, 0.2) is 97.5 Å². The molecule has 0 atom stereocenters. The molecular weight excluding hydrogens is 462 g/mol. The van der Waals surface area contributed by atoms with Crippen LogP contribution in [0.3, 0.4) is 0 Å². The molecular formula is C29H27N7O. The molecule has 4 heterocycles. The maximum Gasteiger partial charge on any atom is 0.155 e. The highest BCUT2D eigenvalue weighted by molar-refractivity contribution is 5.77. The summed E-state index contributed by atoms with van der Waals surface area (Å²) in [5, 5.41) is 7.78. The molecule has 0 amide bonds. The van der Waals surface area contributed by atoms with Gasteiger partial charge in [0.15, 0.2) is 5.65 Å². The zero-order valence-corrected chi connectivity index (χ0v) is 20.3. The number of benzene rings is 2. The quantitative estimate of drug-likeness (QED) is 0.280. The first-order chi connectivity index (χ1) is 18.2. The summed E-state index contributed by atoms with van der Waals surface area (Å²) in [5.41, 5.74) is 6.25. The van der Waals surface area contributed by atoms with Crippen molar-refractivity contribution in [2.24, 2.45) is 0 Å². The highest BCUT2D eigenvalue weighted by Gasteiger charge is 2.16. The Kier molecular flexibility index (Phi) is 6.14. The lowest BCUT2D eigenvalue weighted by Crippen LogP contribution is -2.14. The second-order valence-corrected chi connectivity index (χ2v) is 8.68. The Morgan fingerprint density at radius 3 is 2.65 bits per heavy atom. The van der Waals surface area contributed by atoms with Gasteiger partial charge in [0.1, 0.15) is 23.7 Å². The van der Waals surface area contributed by atoms with E-state index in [2.05, 4.69) is 26.4 Å². The van der Waals surface area contributed by atoms with Crippen LogP contribution in [0.4, 0.5) is 0 Å². The molecule has 2 N–H and O–H groups in total. The van der Waals surface area contributed by atoms with Crippen LogP contribution in [0, 0.1) is 6.92 Å². The molecule has 0 unspecified atom stereocenters. The maximum absolute atomic E-state index is 6.11. The van der Waals surface area contributed by atoms with Gasteiger partial charge in [0, 0.05) is 31.0 Å². The zero-order chi connectivity index (χ0) is 25.0. The number of hydrogen-bond donors (Lipinski definition) is 2. The van der Waals surface area contributed by atoms with Crippen molar-refractivity contribution in [2.75, 3.05) is 0 Å². The number of pyridine rings is 2. The van der Waals surface area contributed by atoms with E-state index in [1.807, 2.05) is 92.0 Å². The van der Waals surface area contributed by atoms with Crippen LogP contribution >= 0.6 is 0 Å². The zero-order valence-electron chi connectivity index (χ0n) is 20.3. The van der Waals surface area contributed by atoms with Gasteiger partial charge < -0.3 is 15.0 Å². The van der Waals surface area contributed by atoms with E-state index in [9.17, 15) is 0 Å². The van der Waals surface area contributed by atoms with Gasteiger partial charge in [-0.3, -0.25) is 4.98 Å². The van der Waals surface area contributed by atoms with Crippen molar-refractivity contribution in [2.45, 2.75) is 20.0 Å². The first kappa shape index (κ1) is 22.6. The van der Waals surface area contributed by atoms with E-state index >= 15 is 0 Å². The molecule has 0 bridgehead atoms. The van der Waals surface area contributed by atoms with Gasteiger partial charge in [-0.1, -0.05) is 42.5 Å². The number of ether oxygens (including phenoxy) is 1. The first-order valence-corrected chi connectivity index (χ1v) is 12.1. The van der Waals surface area contributed by atoms with Gasteiger partial charge in [-0.15, -0.1) is 0 Å². The molecule has 6 aromatic rings. The molecule has 8 heteroatoms. The van der Waals surface area contributed by atoms with Crippen molar-refractivity contribution in [1.29, 1.82) is 0 Å². The normalized spacial score (nSPS) is 11.2. The van der Waals surface area contributed by atoms with Gasteiger partial charge in [0.05, 0.1) is 23.6 Å². The van der Waals surface area contributed by atoms with E-state index in [1.54, 1.807) is 10.8 Å². The van der Waals surface area contributed by atoms with Crippen LogP contribution in [-0.2, 0) is 13.1 Å². The van der Waals surface area contributed by atoms with Gasteiger partial charge in [-0.2, -0.15) is 5.10 Å². The van der Waals surface area contributed by atoms with E-state index in [4.69, 9.17) is 14.7 Å². The van der Waals surface area contributed by atoms with E-state index in [0.29, 0.717) is 13.1 Å². The monoisotopic (exact) mass is 489 g/mol. The van der Waals surface area contributed by atoms with Crippen molar-refractivity contribution in [3.8, 4) is 34.1 Å². The average Bonchev–Trinajstić information content (AvgIpc) is 3.57. The summed E-state index contributed by atoms with van der Waals surface area (Å²) in [5.74, 6) is 2.45. The number of aromatic amines is 1. The molecule has 0 aliphatic heterocycles. The SMILES string of the molecule is Cc1cccc(-c2[nH]c(CNCc3ccccc3Oc3ccccc3)nc2-c2ccc3ncnn3c2)n1.[HH]. The minimum atomic E-state index is 0. The minimum Gasteiger partial charge on any atom is -0.457 e.